The van der Waals surface area contributed by atoms with Crippen LogP contribution in [0.15, 0.2) is 36.7 Å². The van der Waals surface area contributed by atoms with Gasteiger partial charge in [-0.05, 0) is 24.3 Å². The first kappa shape index (κ1) is 12.0. The minimum absolute atomic E-state index is 0.0394. The van der Waals surface area contributed by atoms with Gasteiger partial charge in [-0.25, -0.2) is 9.97 Å². The number of methoxy groups -OCH3 is 1. The van der Waals surface area contributed by atoms with E-state index in [4.69, 9.17) is 10.5 Å². The molecule has 0 aliphatic heterocycles. The lowest BCUT2D eigenvalue weighted by molar-refractivity contribution is 0.0991. The van der Waals surface area contributed by atoms with Gasteiger partial charge in [0.15, 0.2) is 5.78 Å². The number of ketones is 1. The largest absolute Gasteiger partial charge is 0.497 e. The summed E-state index contributed by atoms with van der Waals surface area (Å²) in [4.78, 5) is 19.9. The molecule has 0 unspecified atom stereocenters. The van der Waals surface area contributed by atoms with Crippen molar-refractivity contribution in [2.45, 2.75) is 6.42 Å². The standard InChI is InChI=1S/C13H13N3O2/c1-18-11-4-2-9(3-5-11)12(17)6-13-15-7-10(14)8-16-13/h2-5,7-8H,6,14H2,1H3. The van der Waals surface area contributed by atoms with E-state index in [-0.39, 0.29) is 12.2 Å². The molecule has 0 radical (unpaired) electrons. The third kappa shape index (κ3) is 2.82. The van der Waals surface area contributed by atoms with Crippen molar-refractivity contribution in [3.8, 4) is 5.75 Å². The second-order valence-corrected chi connectivity index (χ2v) is 3.76. The fraction of sp³-hybridized carbons (Fsp3) is 0.154. The molecule has 1 aromatic carbocycles. The number of rotatable bonds is 4. The molecule has 0 atom stereocenters. The third-order valence-corrected chi connectivity index (χ3v) is 2.46. The normalized spacial score (nSPS) is 10.1. The van der Waals surface area contributed by atoms with Gasteiger partial charge in [-0.2, -0.15) is 0 Å². The van der Waals surface area contributed by atoms with Gasteiger partial charge in [0.2, 0.25) is 0 Å². The maximum absolute atomic E-state index is 11.9. The first-order valence-electron chi connectivity index (χ1n) is 5.42. The number of aromatic nitrogens is 2. The highest BCUT2D eigenvalue weighted by atomic mass is 16.5. The Balaban J connectivity index is 2.09. The van der Waals surface area contributed by atoms with Crippen molar-refractivity contribution in [1.29, 1.82) is 0 Å². The number of benzene rings is 1. The first-order chi connectivity index (χ1) is 8.69. The van der Waals surface area contributed by atoms with Gasteiger partial charge in [0, 0.05) is 5.56 Å². The molecule has 0 saturated carbocycles. The predicted molar refractivity (Wildman–Crippen MR) is 67.5 cm³/mol. The summed E-state index contributed by atoms with van der Waals surface area (Å²) in [6, 6.07) is 6.94. The van der Waals surface area contributed by atoms with E-state index in [9.17, 15) is 4.79 Å². The van der Waals surface area contributed by atoms with Gasteiger partial charge in [-0.15, -0.1) is 0 Å². The number of nitrogens with two attached hydrogens (primary N) is 1. The van der Waals surface area contributed by atoms with E-state index in [0.29, 0.717) is 17.1 Å². The molecule has 2 aromatic rings. The maximum Gasteiger partial charge on any atom is 0.170 e. The van der Waals surface area contributed by atoms with Crippen LogP contribution in [-0.4, -0.2) is 22.9 Å². The van der Waals surface area contributed by atoms with Crippen molar-refractivity contribution < 1.29 is 9.53 Å². The predicted octanol–water partition coefficient (Wildman–Crippen LogP) is 1.49. The highest BCUT2D eigenvalue weighted by Crippen LogP contribution is 2.12. The zero-order valence-corrected chi connectivity index (χ0v) is 9.96. The van der Waals surface area contributed by atoms with E-state index < -0.39 is 0 Å². The van der Waals surface area contributed by atoms with Crippen molar-refractivity contribution in [2.24, 2.45) is 0 Å². The molecule has 2 rings (SSSR count). The number of hydrogen-bond acceptors (Lipinski definition) is 5. The fourth-order valence-electron chi connectivity index (χ4n) is 1.48. The second kappa shape index (κ2) is 5.27. The Morgan fingerprint density at radius 2 is 1.83 bits per heavy atom. The molecule has 0 fully saturated rings. The number of ether oxygens (including phenoxy) is 1. The van der Waals surface area contributed by atoms with Crippen LogP contribution in [0.5, 0.6) is 5.75 Å². The topological polar surface area (TPSA) is 78.1 Å². The van der Waals surface area contributed by atoms with E-state index in [0.717, 1.165) is 5.75 Å². The molecular weight excluding hydrogens is 230 g/mol. The van der Waals surface area contributed by atoms with Crippen molar-refractivity contribution in [1.82, 2.24) is 9.97 Å². The Bertz CT molecular complexity index is 535. The first-order valence-corrected chi connectivity index (χ1v) is 5.42. The molecule has 18 heavy (non-hydrogen) atoms. The van der Waals surface area contributed by atoms with E-state index in [1.807, 2.05) is 0 Å². The van der Waals surface area contributed by atoms with E-state index in [1.54, 1.807) is 31.4 Å². The number of anilines is 1. The molecule has 0 spiro atoms. The molecule has 0 aliphatic carbocycles. The number of carbonyl (C=O) groups excluding carboxylic acids is 1. The molecule has 5 heteroatoms. The van der Waals surface area contributed by atoms with Crippen LogP contribution in [0.25, 0.3) is 0 Å². The lowest BCUT2D eigenvalue weighted by Crippen LogP contribution is -2.07. The maximum atomic E-state index is 11.9. The summed E-state index contributed by atoms with van der Waals surface area (Å²) in [7, 11) is 1.58. The van der Waals surface area contributed by atoms with Crippen molar-refractivity contribution in [3.63, 3.8) is 0 Å². The Hall–Kier alpha value is -2.43. The number of hydrogen-bond donors (Lipinski definition) is 1. The van der Waals surface area contributed by atoms with E-state index >= 15 is 0 Å². The summed E-state index contributed by atoms with van der Waals surface area (Å²) >= 11 is 0. The lowest BCUT2D eigenvalue weighted by Gasteiger charge is -2.02. The average molecular weight is 243 g/mol. The van der Waals surface area contributed by atoms with Gasteiger partial charge >= 0.3 is 0 Å². The zero-order valence-electron chi connectivity index (χ0n) is 9.96. The Kier molecular flexibility index (Phi) is 3.52. The highest BCUT2D eigenvalue weighted by molar-refractivity contribution is 5.97. The van der Waals surface area contributed by atoms with Crippen LogP contribution in [0.2, 0.25) is 0 Å². The van der Waals surface area contributed by atoms with Crippen LogP contribution in [0.4, 0.5) is 5.69 Å². The summed E-state index contributed by atoms with van der Waals surface area (Å²) in [6.45, 7) is 0. The van der Waals surface area contributed by atoms with Crippen LogP contribution >= 0.6 is 0 Å². The van der Waals surface area contributed by atoms with Gasteiger partial charge in [-0.3, -0.25) is 4.79 Å². The van der Waals surface area contributed by atoms with Crippen LogP contribution in [0, 0.1) is 0 Å². The summed E-state index contributed by atoms with van der Waals surface area (Å²) in [5, 5.41) is 0. The van der Waals surface area contributed by atoms with Crippen LogP contribution in [-0.2, 0) is 6.42 Å². The lowest BCUT2D eigenvalue weighted by atomic mass is 10.1. The van der Waals surface area contributed by atoms with Crippen molar-refractivity contribution in [3.05, 3.63) is 48.0 Å². The van der Waals surface area contributed by atoms with Gasteiger partial charge in [0.05, 0.1) is 31.6 Å². The quantitative estimate of drug-likeness (QED) is 0.823. The van der Waals surface area contributed by atoms with Crippen LogP contribution in [0.1, 0.15) is 16.2 Å². The molecule has 1 heterocycles. The molecule has 5 nitrogen and oxygen atoms in total. The Labute approximate surface area is 105 Å². The minimum Gasteiger partial charge on any atom is -0.497 e. The molecule has 2 N–H and O–H groups in total. The summed E-state index contributed by atoms with van der Waals surface area (Å²) in [6.07, 6.45) is 3.14. The summed E-state index contributed by atoms with van der Waals surface area (Å²) in [5.41, 5.74) is 6.57. The molecular formula is C13H13N3O2. The van der Waals surface area contributed by atoms with Gasteiger partial charge in [0.1, 0.15) is 11.6 Å². The van der Waals surface area contributed by atoms with Gasteiger partial charge in [-0.1, -0.05) is 0 Å². The smallest absolute Gasteiger partial charge is 0.170 e. The van der Waals surface area contributed by atoms with Crippen LogP contribution < -0.4 is 10.5 Å². The summed E-state index contributed by atoms with van der Waals surface area (Å²) < 4.78 is 5.03. The number of nitrogen functional groups attached to an aromatic ring is 1. The monoisotopic (exact) mass is 243 g/mol. The van der Waals surface area contributed by atoms with Crippen LogP contribution in [0.3, 0.4) is 0 Å². The molecule has 0 bridgehead atoms. The van der Waals surface area contributed by atoms with Crippen molar-refractivity contribution >= 4 is 11.5 Å². The van der Waals surface area contributed by atoms with Crippen molar-refractivity contribution in [2.75, 3.05) is 12.8 Å². The SMILES string of the molecule is COc1ccc(C(=O)Cc2ncc(N)cn2)cc1. The minimum atomic E-state index is -0.0394. The molecule has 0 amide bonds. The Morgan fingerprint density at radius 1 is 1.22 bits per heavy atom. The summed E-state index contributed by atoms with van der Waals surface area (Å²) in [5.74, 6) is 1.14. The Morgan fingerprint density at radius 3 is 2.39 bits per heavy atom. The zero-order chi connectivity index (χ0) is 13.0. The van der Waals surface area contributed by atoms with E-state index in [2.05, 4.69) is 9.97 Å². The highest BCUT2D eigenvalue weighted by Gasteiger charge is 2.09. The molecule has 1 aromatic heterocycles. The van der Waals surface area contributed by atoms with Gasteiger partial charge < -0.3 is 10.5 Å². The molecule has 0 saturated heterocycles. The van der Waals surface area contributed by atoms with Gasteiger partial charge in [0.25, 0.3) is 0 Å². The molecule has 92 valence electrons. The fourth-order valence-corrected chi connectivity index (χ4v) is 1.48. The average Bonchev–Trinajstić information content (AvgIpc) is 2.41. The number of carbonyl (C=O) groups is 1. The van der Waals surface area contributed by atoms with E-state index in [1.165, 1.54) is 12.4 Å². The third-order valence-electron chi connectivity index (χ3n) is 2.46. The second-order valence-electron chi connectivity index (χ2n) is 3.76. The number of nitrogens with zero attached hydrogens (tertiary/aromatic N) is 2. The number of Topliss-reactive ketones (excluding diaryl/α,β-unsaturated/α-hetero) is 1. The molecule has 0 aliphatic rings.